The molecule has 22 heavy (non-hydrogen) atoms. The first-order valence-electron chi connectivity index (χ1n) is 7.43. The fraction of sp³-hybridized carbons (Fsp3) is 0.438. The zero-order valence-corrected chi connectivity index (χ0v) is 12.9. The second-order valence-corrected chi connectivity index (χ2v) is 6.04. The number of halogens is 1. The smallest absolute Gasteiger partial charge is 0.229 e. The van der Waals surface area contributed by atoms with E-state index in [-0.39, 0.29) is 43.5 Å². The molecule has 116 valence electrons. The fourth-order valence-electron chi connectivity index (χ4n) is 3.01. The lowest BCUT2D eigenvalue weighted by Crippen LogP contribution is -2.39. The second-order valence-electron chi connectivity index (χ2n) is 5.63. The highest BCUT2D eigenvalue weighted by Gasteiger charge is 2.30. The summed E-state index contributed by atoms with van der Waals surface area (Å²) in [6.07, 6.45) is 1.46. The van der Waals surface area contributed by atoms with Crippen LogP contribution in [0.25, 0.3) is 0 Å². The Balaban J connectivity index is 1.60. The van der Waals surface area contributed by atoms with Crippen molar-refractivity contribution in [2.75, 3.05) is 13.1 Å². The molecule has 1 saturated heterocycles. The predicted octanol–water partition coefficient (Wildman–Crippen LogP) is 1.76. The van der Waals surface area contributed by atoms with Crippen molar-refractivity contribution in [3.63, 3.8) is 0 Å². The van der Waals surface area contributed by atoms with Crippen molar-refractivity contribution < 1.29 is 14.4 Å². The maximum Gasteiger partial charge on any atom is 0.229 e. The SMILES string of the molecule is O=C(CCN1C(=O)CCC1=O)N1CCc2c(Cl)cccc2C1. The van der Waals surface area contributed by atoms with Gasteiger partial charge in [-0.05, 0) is 23.6 Å². The lowest BCUT2D eigenvalue weighted by Gasteiger charge is -2.30. The molecule has 1 aromatic rings. The van der Waals surface area contributed by atoms with E-state index in [2.05, 4.69) is 0 Å². The Morgan fingerprint density at radius 2 is 1.86 bits per heavy atom. The van der Waals surface area contributed by atoms with Gasteiger partial charge in [0.2, 0.25) is 17.7 Å². The molecular weight excluding hydrogens is 304 g/mol. The Bertz CT molecular complexity index is 628. The largest absolute Gasteiger partial charge is 0.338 e. The predicted molar refractivity (Wildman–Crippen MR) is 81.1 cm³/mol. The van der Waals surface area contributed by atoms with Gasteiger partial charge in [0.15, 0.2) is 0 Å². The number of imide groups is 1. The highest BCUT2D eigenvalue weighted by Crippen LogP contribution is 2.26. The molecule has 1 fully saturated rings. The zero-order chi connectivity index (χ0) is 15.7. The first-order chi connectivity index (χ1) is 10.6. The summed E-state index contributed by atoms with van der Waals surface area (Å²) in [6, 6.07) is 5.73. The molecule has 1 aromatic carbocycles. The van der Waals surface area contributed by atoms with Crippen molar-refractivity contribution in [1.82, 2.24) is 9.80 Å². The number of hydrogen-bond donors (Lipinski definition) is 0. The molecule has 0 aliphatic carbocycles. The van der Waals surface area contributed by atoms with E-state index in [1.54, 1.807) is 4.90 Å². The number of benzene rings is 1. The lowest BCUT2D eigenvalue weighted by molar-refractivity contribution is -0.139. The molecule has 0 spiro atoms. The van der Waals surface area contributed by atoms with Crippen molar-refractivity contribution in [3.8, 4) is 0 Å². The number of likely N-dealkylation sites (tertiary alicyclic amines) is 1. The third-order valence-electron chi connectivity index (χ3n) is 4.27. The molecule has 3 amide bonds. The quantitative estimate of drug-likeness (QED) is 0.797. The third kappa shape index (κ3) is 2.86. The normalized spacial score (nSPS) is 17.9. The molecule has 6 heteroatoms. The molecule has 0 atom stereocenters. The van der Waals surface area contributed by atoms with Gasteiger partial charge in [0, 0.05) is 43.9 Å². The van der Waals surface area contributed by atoms with Crippen LogP contribution in [0.2, 0.25) is 5.02 Å². The highest BCUT2D eigenvalue weighted by atomic mass is 35.5. The van der Waals surface area contributed by atoms with Crippen LogP contribution < -0.4 is 0 Å². The number of amides is 3. The van der Waals surface area contributed by atoms with Crippen LogP contribution in [-0.2, 0) is 27.3 Å². The molecule has 3 rings (SSSR count). The van der Waals surface area contributed by atoms with Gasteiger partial charge in [0.05, 0.1) is 0 Å². The van der Waals surface area contributed by atoms with Crippen LogP contribution in [0, 0.1) is 0 Å². The summed E-state index contributed by atoms with van der Waals surface area (Å²) in [4.78, 5) is 38.4. The van der Waals surface area contributed by atoms with Gasteiger partial charge in [-0.3, -0.25) is 19.3 Å². The van der Waals surface area contributed by atoms with Gasteiger partial charge in [0.25, 0.3) is 0 Å². The molecule has 0 radical (unpaired) electrons. The van der Waals surface area contributed by atoms with E-state index < -0.39 is 0 Å². The molecular formula is C16H17ClN2O3. The summed E-state index contributed by atoms with van der Waals surface area (Å²) < 4.78 is 0. The van der Waals surface area contributed by atoms with Crippen molar-refractivity contribution >= 4 is 29.3 Å². The van der Waals surface area contributed by atoms with Crippen molar-refractivity contribution in [2.24, 2.45) is 0 Å². The molecule has 0 N–H and O–H groups in total. The number of fused-ring (bicyclic) bond motifs is 1. The fourth-order valence-corrected chi connectivity index (χ4v) is 3.30. The van der Waals surface area contributed by atoms with E-state index in [0.717, 1.165) is 22.6 Å². The minimum atomic E-state index is -0.173. The summed E-state index contributed by atoms with van der Waals surface area (Å²) in [6.45, 7) is 1.35. The van der Waals surface area contributed by atoms with Crippen LogP contribution >= 0.6 is 11.6 Å². The minimum absolute atomic E-state index is 0.0295. The van der Waals surface area contributed by atoms with Crippen LogP contribution in [0.15, 0.2) is 18.2 Å². The average Bonchev–Trinajstić information content (AvgIpc) is 2.83. The molecule has 0 aromatic heterocycles. The average molecular weight is 321 g/mol. The Morgan fingerprint density at radius 1 is 1.14 bits per heavy atom. The molecule has 0 unspecified atom stereocenters. The number of hydrogen-bond acceptors (Lipinski definition) is 3. The van der Waals surface area contributed by atoms with Crippen molar-refractivity contribution in [2.45, 2.75) is 32.2 Å². The van der Waals surface area contributed by atoms with E-state index >= 15 is 0 Å². The van der Waals surface area contributed by atoms with Gasteiger partial charge in [-0.2, -0.15) is 0 Å². The topological polar surface area (TPSA) is 57.7 Å². The summed E-state index contributed by atoms with van der Waals surface area (Å²) in [5, 5.41) is 0.748. The monoisotopic (exact) mass is 320 g/mol. The molecule has 5 nitrogen and oxygen atoms in total. The summed E-state index contributed by atoms with van der Waals surface area (Å²) in [5.41, 5.74) is 2.18. The first kappa shape index (κ1) is 15.0. The first-order valence-corrected chi connectivity index (χ1v) is 7.81. The van der Waals surface area contributed by atoms with Gasteiger partial charge in [-0.25, -0.2) is 0 Å². The minimum Gasteiger partial charge on any atom is -0.338 e. The lowest BCUT2D eigenvalue weighted by atomic mass is 9.99. The Hall–Kier alpha value is -1.88. The van der Waals surface area contributed by atoms with Crippen molar-refractivity contribution in [3.05, 3.63) is 34.3 Å². The van der Waals surface area contributed by atoms with Crippen molar-refractivity contribution in [1.29, 1.82) is 0 Å². The number of carbonyl (C=O) groups is 3. The van der Waals surface area contributed by atoms with Gasteiger partial charge in [-0.1, -0.05) is 23.7 Å². The molecule has 2 aliphatic heterocycles. The van der Waals surface area contributed by atoms with Gasteiger partial charge in [-0.15, -0.1) is 0 Å². The summed E-state index contributed by atoms with van der Waals surface area (Å²) in [7, 11) is 0. The maximum atomic E-state index is 12.3. The second kappa shape index (κ2) is 6.08. The van der Waals surface area contributed by atoms with E-state index in [0.29, 0.717) is 13.1 Å². The highest BCUT2D eigenvalue weighted by molar-refractivity contribution is 6.31. The summed E-state index contributed by atoms with van der Waals surface area (Å²) >= 11 is 6.16. The zero-order valence-electron chi connectivity index (χ0n) is 12.2. The third-order valence-corrected chi connectivity index (χ3v) is 4.62. The van der Waals surface area contributed by atoms with Crippen LogP contribution in [0.1, 0.15) is 30.4 Å². The number of nitrogens with zero attached hydrogens (tertiary/aromatic N) is 2. The Kier molecular flexibility index (Phi) is 4.16. The van der Waals surface area contributed by atoms with Crippen LogP contribution in [-0.4, -0.2) is 40.6 Å². The molecule has 2 aliphatic rings. The maximum absolute atomic E-state index is 12.3. The van der Waals surface area contributed by atoms with Gasteiger partial charge in [0.1, 0.15) is 0 Å². The molecule has 0 saturated carbocycles. The molecule has 0 bridgehead atoms. The van der Waals surface area contributed by atoms with E-state index in [1.807, 2.05) is 18.2 Å². The van der Waals surface area contributed by atoms with Crippen LogP contribution in [0.5, 0.6) is 0 Å². The Morgan fingerprint density at radius 3 is 2.59 bits per heavy atom. The van der Waals surface area contributed by atoms with E-state index in [9.17, 15) is 14.4 Å². The van der Waals surface area contributed by atoms with Crippen LogP contribution in [0.3, 0.4) is 0 Å². The van der Waals surface area contributed by atoms with Gasteiger partial charge >= 0.3 is 0 Å². The molecule has 2 heterocycles. The standard InChI is InChI=1S/C16H17ClN2O3/c17-13-3-1-2-11-10-18(8-6-12(11)13)14(20)7-9-19-15(21)4-5-16(19)22/h1-3H,4-10H2. The van der Waals surface area contributed by atoms with E-state index in [1.165, 1.54) is 4.90 Å². The summed E-state index contributed by atoms with van der Waals surface area (Å²) in [5.74, 6) is -0.375. The number of rotatable bonds is 3. The number of carbonyl (C=O) groups excluding carboxylic acids is 3. The Labute approximate surface area is 133 Å². The van der Waals surface area contributed by atoms with Gasteiger partial charge < -0.3 is 4.90 Å². The van der Waals surface area contributed by atoms with E-state index in [4.69, 9.17) is 11.6 Å². The van der Waals surface area contributed by atoms with Crippen LogP contribution in [0.4, 0.5) is 0 Å².